The Hall–Kier alpha value is -1.04. The van der Waals surface area contributed by atoms with Crippen LogP contribution >= 0.6 is 0 Å². The zero-order chi connectivity index (χ0) is 12.2. The molecule has 1 aliphatic carbocycles. The Labute approximate surface area is 100 Å². The first-order valence-corrected chi connectivity index (χ1v) is 6.07. The van der Waals surface area contributed by atoms with Gasteiger partial charge in [-0.25, -0.2) is 0 Å². The largest absolute Gasteiger partial charge is 0.0696 e. The lowest BCUT2D eigenvalue weighted by molar-refractivity contribution is 0.377. The summed E-state index contributed by atoms with van der Waals surface area (Å²) in [5.41, 5.74) is 4.57. The van der Waals surface area contributed by atoms with Gasteiger partial charge in [0.15, 0.2) is 0 Å². The van der Waals surface area contributed by atoms with Crippen LogP contribution in [-0.4, -0.2) is 0 Å². The Morgan fingerprint density at radius 3 is 2.62 bits per heavy atom. The van der Waals surface area contributed by atoms with Gasteiger partial charge in [-0.1, -0.05) is 55.9 Å². The van der Waals surface area contributed by atoms with Crippen LogP contribution in [0.5, 0.6) is 0 Å². The topological polar surface area (TPSA) is 0 Å². The van der Waals surface area contributed by atoms with E-state index in [-0.39, 0.29) is 0 Å². The standard InChI is InChI=1S/C16H23/c1-6-8-13(2)10-11-15-14(3)9-7-12-16(15,4)5/h1,6,8,10-11H,7,9,12H2,2-5H3. The van der Waals surface area contributed by atoms with Crippen molar-refractivity contribution < 1.29 is 0 Å². The third-order valence-corrected chi connectivity index (χ3v) is 3.41. The smallest absolute Gasteiger partial charge is 0.0104 e. The molecule has 0 aromatic heterocycles. The molecule has 0 saturated carbocycles. The van der Waals surface area contributed by atoms with E-state index in [4.69, 9.17) is 6.58 Å². The average molecular weight is 215 g/mol. The van der Waals surface area contributed by atoms with Crippen molar-refractivity contribution in [1.82, 2.24) is 0 Å². The van der Waals surface area contributed by atoms with Crippen molar-refractivity contribution >= 4 is 0 Å². The first kappa shape index (κ1) is 13.0. The van der Waals surface area contributed by atoms with E-state index in [0.29, 0.717) is 5.41 Å². The molecule has 0 fully saturated rings. The highest BCUT2D eigenvalue weighted by Crippen LogP contribution is 2.40. The molecule has 0 heterocycles. The van der Waals surface area contributed by atoms with Gasteiger partial charge < -0.3 is 0 Å². The molecule has 0 spiro atoms. The summed E-state index contributed by atoms with van der Waals surface area (Å²) >= 11 is 0. The van der Waals surface area contributed by atoms with Crippen LogP contribution in [0.15, 0.2) is 41.0 Å². The Morgan fingerprint density at radius 1 is 1.38 bits per heavy atom. The lowest BCUT2D eigenvalue weighted by Gasteiger charge is -2.32. The number of rotatable bonds is 3. The highest BCUT2D eigenvalue weighted by atomic mass is 14.3. The molecular formula is C16H23. The molecule has 0 unspecified atom stereocenters. The van der Waals surface area contributed by atoms with Gasteiger partial charge in [0.25, 0.3) is 0 Å². The van der Waals surface area contributed by atoms with Gasteiger partial charge in [0.2, 0.25) is 0 Å². The molecule has 0 atom stereocenters. The Balaban J connectivity index is 2.93. The summed E-state index contributed by atoms with van der Waals surface area (Å²) in [5, 5.41) is 0. The Kier molecular flexibility index (Phi) is 4.35. The zero-order valence-corrected chi connectivity index (χ0v) is 11.0. The van der Waals surface area contributed by atoms with Gasteiger partial charge >= 0.3 is 0 Å². The predicted octanol–water partition coefficient (Wildman–Crippen LogP) is 5.00. The molecule has 1 radical (unpaired) electrons. The molecule has 0 N–H and O–H groups in total. The molecule has 0 heteroatoms. The van der Waals surface area contributed by atoms with Crippen LogP contribution in [0.1, 0.15) is 47.0 Å². The summed E-state index contributed by atoms with van der Waals surface area (Å²) in [6, 6.07) is 0. The fourth-order valence-corrected chi connectivity index (χ4v) is 2.43. The first-order valence-electron chi connectivity index (χ1n) is 6.07. The normalized spacial score (nSPS) is 21.6. The van der Waals surface area contributed by atoms with E-state index in [1.165, 1.54) is 36.0 Å². The quantitative estimate of drug-likeness (QED) is 0.581. The molecule has 0 nitrogen and oxygen atoms in total. The summed E-state index contributed by atoms with van der Waals surface area (Å²) in [5.74, 6) is 0. The third kappa shape index (κ3) is 3.23. The number of hydrogen-bond donors (Lipinski definition) is 0. The Morgan fingerprint density at radius 2 is 2.06 bits per heavy atom. The first-order chi connectivity index (χ1) is 7.47. The number of allylic oxidation sites excluding steroid dienone is 7. The van der Waals surface area contributed by atoms with Crippen molar-refractivity contribution in [2.75, 3.05) is 0 Å². The lowest BCUT2D eigenvalue weighted by atomic mass is 9.72. The fraction of sp³-hybridized carbons (Fsp3) is 0.500. The highest BCUT2D eigenvalue weighted by molar-refractivity contribution is 5.36. The monoisotopic (exact) mass is 215 g/mol. The van der Waals surface area contributed by atoms with Gasteiger partial charge in [0, 0.05) is 0 Å². The summed E-state index contributed by atoms with van der Waals surface area (Å²) in [6.07, 6.45) is 11.8. The van der Waals surface area contributed by atoms with Crippen LogP contribution in [0, 0.1) is 12.0 Å². The predicted molar refractivity (Wildman–Crippen MR) is 72.1 cm³/mol. The summed E-state index contributed by atoms with van der Waals surface area (Å²) in [7, 11) is 0. The van der Waals surface area contributed by atoms with E-state index in [0.717, 1.165) is 0 Å². The van der Waals surface area contributed by atoms with Crippen molar-refractivity contribution in [3.63, 3.8) is 0 Å². The maximum absolute atomic E-state index is 5.37. The van der Waals surface area contributed by atoms with Gasteiger partial charge in [-0.2, -0.15) is 0 Å². The molecule has 1 rings (SSSR count). The maximum atomic E-state index is 5.37. The van der Waals surface area contributed by atoms with E-state index in [1.807, 2.05) is 6.08 Å². The fourth-order valence-electron chi connectivity index (χ4n) is 2.43. The second-order valence-corrected chi connectivity index (χ2v) is 5.37. The van der Waals surface area contributed by atoms with E-state index in [1.54, 1.807) is 6.08 Å². The SMILES string of the molecule is [CH]=CC=C(C)C=CC1=C(C)CCCC1(C)C. The van der Waals surface area contributed by atoms with E-state index in [2.05, 4.69) is 39.8 Å². The van der Waals surface area contributed by atoms with Crippen molar-refractivity contribution in [2.24, 2.45) is 5.41 Å². The van der Waals surface area contributed by atoms with E-state index >= 15 is 0 Å². The number of hydrogen-bond acceptors (Lipinski definition) is 0. The molecule has 0 aromatic carbocycles. The van der Waals surface area contributed by atoms with Crippen molar-refractivity contribution in [3.05, 3.63) is 47.6 Å². The van der Waals surface area contributed by atoms with E-state index in [9.17, 15) is 0 Å². The molecule has 87 valence electrons. The molecule has 16 heavy (non-hydrogen) atoms. The van der Waals surface area contributed by atoms with Crippen LogP contribution < -0.4 is 0 Å². The summed E-state index contributed by atoms with van der Waals surface area (Å²) in [6.45, 7) is 14.4. The van der Waals surface area contributed by atoms with Gasteiger partial charge in [-0.3, -0.25) is 0 Å². The van der Waals surface area contributed by atoms with Crippen LogP contribution in [0.3, 0.4) is 0 Å². The van der Waals surface area contributed by atoms with Crippen LogP contribution in [0.4, 0.5) is 0 Å². The van der Waals surface area contributed by atoms with Gasteiger partial charge in [-0.05, 0) is 44.1 Å². The molecule has 0 saturated heterocycles. The van der Waals surface area contributed by atoms with Crippen LogP contribution in [0.2, 0.25) is 0 Å². The lowest BCUT2D eigenvalue weighted by Crippen LogP contribution is -2.19. The van der Waals surface area contributed by atoms with Crippen molar-refractivity contribution in [2.45, 2.75) is 47.0 Å². The van der Waals surface area contributed by atoms with Crippen molar-refractivity contribution in [1.29, 1.82) is 0 Å². The summed E-state index contributed by atoms with van der Waals surface area (Å²) in [4.78, 5) is 0. The van der Waals surface area contributed by atoms with Crippen molar-refractivity contribution in [3.8, 4) is 0 Å². The maximum Gasteiger partial charge on any atom is -0.0104 e. The molecule has 0 bridgehead atoms. The molecular weight excluding hydrogens is 192 g/mol. The third-order valence-electron chi connectivity index (χ3n) is 3.41. The zero-order valence-electron chi connectivity index (χ0n) is 11.0. The van der Waals surface area contributed by atoms with Gasteiger partial charge in [0.05, 0.1) is 0 Å². The molecule has 0 aliphatic heterocycles. The van der Waals surface area contributed by atoms with Gasteiger partial charge in [0.1, 0.15) is 0 Å². The summed E-state index contributed by atoms with van der Waals surface area (Å²) < 4.78 is 0. The highest BCUT2D eigenvalue weighted by Gasteiger charge is 2.26. The molecule has 0 aromatic rings. The Bertz CT molecular complexity index is 348. The van der Waals surface area contributed by atoms with Crippen LogP contribution in [0.25, 0.3) is 0 Å². The minimum Gasteiger partial charge on any atom is -0.0696 e. The second-order valence-electron chi connectivity index (χ2n) is 5.37. The second kappa shape index (κ2) is 5.34. The minimum absolute atomic E-state index is 0.325. The van der Waals surface area contributed by atoms with Gasteiger partial charge in [-0.15, -0.1) is 0 Å². The minimum atomic E-state index is 0.325. The van der Waals surface area contributed by atoms with E-state index < -0.39 is 0 Å². The average Bonchev–Trinajstić information content (AvgIpc) is 2.16. The molecule has 1 aliphatic rings. The van der Waals surface area contributed by atoms with Crippen LogP contribution in [-0.2, 0) is 0 Å². The molecule has 0 amide bonds.